The van der Waals surface area contributed by atoms with Crippen LogP contribution in [0, 0.1) is 6.92 Å². The lowest BCUT2D eigenvalue weighted by atomic mass is 10.0. The van der Waals surface area contributed by atoms with Gasteiger partial charge in [-0.2, -0.15) is 0 Å². The van der Waals surface area contributed by atoms with Gasteiger partial charge in [-0.15, -0.1) is 0 Å². The Morgan fingerprint density at radius 2 is 1.49 bits per heavy atom. The molecule has 0 heterocycles. The van der Waals surface area contributed by atoms with Crippen LogP contribution in [0.4, 0.5) is 5.69 Å². The summed E-state index contributed by atoms with van der Waals surface area (Å²) < 4.78 is 27.4. The Labute approximate surface area is 245 Å². The van der Waals surface area contributed by atoms with Gasteiger partial charge in [-0.25, -0.2) is 8.42 Å². The first-order valence-electron chi connectivity index (χ1n) is 14.2. The highest BCUT2D eigenvalue weighted by Gasteiger charge is 2.34. The molecule has 41 heavy (non-hydrogen) atoms. The molecule has 0 bridgehead atoms. The van der Waals surface area contributed by atoms with Crippen molar-refractivity contribution in [1.29, 1.82) is 0 Å². The molecule has 0 aliphatic carbocycles. The van der Waals surface area contributed by atoms with E-state index in [-0.39, 0.29) is 24.4 Å². The van der Waals surface area contributed by atoms with E-state index in [9.17, 15) is 18.0 Å². The zero-order valence-corrected chi connectivity index (χ0v) is 25.8. The molecule has 2 amide bonds. The van der Waals surface area contributed by atoms with Crippen molar-refractivity contribution in [2.75, 3.05) is 17.1 Å². The van der Waals surface area contributed by atoms with Gasteiger partial charge in [-0.3, -0.25) is 13.9 Å². The number of carbonyl (C=O) groups excluding carboxylic acids is 2. The second-order valence-corrected chi connectivity index (χ2v) is 12.9. The van der Waals surface area contributed by atoms with E-state index < -0.39 is 28.5 Å². The molecule has 0 aromatic heterocycles. The van der Waals surface area contributed by atoms with Crippen molar-refractivity contribution < 1.29 is 18.0 Å². The topological polar surface area (TPSA) is 86.8 Å². The van der Waals surface area contributed by atoms with E-state index in [4.69, 9.17) is 0 Å². The van der Waals surface area contributed by atoms with E-state index >= 15 is 0 Å². The molecule has 0 spiro atoms. The van der Waals surface area contributed by atoms with Gasteiger partial charge in [0, 0.05) is 19.0 Å². The lowest BCUT2D eigenvalue weighted by Gasteiger charge is -2.35. The van der Waals surface area contributed by atoms with E-state index in [1.165, 1.54) is 4.31 Å². The Morgan fingerprint density at radius 1 is 0.878 bits per heavy atom. The quantitative estimate of drug-likeness (QED) is 0.293. The standard InChI is InChI=1S/C33H43N3O4S/c1-7-26(5)34-33(38)31(21-27-16-9-8-10-17-27)35(22-28-18-12-11-15-25(28)4)32(37)23-36(41(6,39)40)30-20-14-13-19-29(30)24(2)3/h8-20,24,26,31H,7,21-23H2,1-6H3,(H,34,38)/t26-,31-/m0/s1. The third kappa shape index (κ3) is 8.67. The van der Waals surface area contributed by atoms with Crippen molar-refractivity contribution in [3.8, 4) is 0 Å². The highest BCUT2D eigenvalue weighted by atomic mass is 32.2. The van der Waals surface area contributed by atoms with Crippen LogP contribution < -0.4 is 9.62 Å². The van der Waals surface area contributed by atoms with Gasteiger partial charge < -0.3 is 10.2 Å². The van der Waals surface area contributed by atoms with Gasteiger partial charge in [0.25, 0.3) is 0 Å². The number of nitrogens with zero attached hydrogens (tertiary/aromatic N) is 2. The molecular weight excluding hydrogens is 534 g/mol. The van der Waals surface area contributed by atoms with Crippen molar-refractivity contribution >= 4 is 27.5 Å². The first-order chi connectivity index (χ1) is 19.4. The van der Waals surface area contributed by atoms with Crippen molar-refractivity contribution in [1.82, 2.24) is 10.2 Å². The van der Waals surface area contributed by atoms with Crippen LogP contribution in [0.25, 0.3) is 0 Å². The van der Waals surface area contributed by atoms with Crippen LogP contribution in [0.1, 0.15) is 62.3 Å². The average molecular weight is 578 g/mol. The van der Waals surface area contributed by atoms with Crippen LogP contribution in [-0.4, -0.2) is 50.0 Å². The summed E-state index contributed by atoms with van der Waals surface area (Å²) in [4.78, 5) is 29.6. The summed E-state index contributed by atoms with van der Waals surface area (Å²) in [5, 5.41) is 3.06. The van der Waals surface area contributed by atoms with Gasteiger partial charge in [0.15, 0.2) is 0 Å². The molecule has 7 nitrogen and oxygen atoms in total. The lowest BCUT2D eigenvalue weighted by Crippen LogP contribution is -2.54. The normalized spacial score (nSPS) is 13.0. The molecule has 8 heteroatoms. The number of benzene rings is 3. The maximum Gasteiger partial charge on any atom is 0.244 e. The van der Waals surface area contributed by atoms with Gasteiger partial charge in [0.1, 0.15) is 12.6 Å². The van der Waals surface area contributed by atoms with E-state index in [2.05, 4.69) is 5.32 Å². The molecule has 0 aliphatic heterocycles. The largest absolute Gasteiger partial charge is 0.352 e. The number of nitrogens with one attached hydrogen (secondary N) is 1. The van der Waals surface area contributed by atoms with Crippen molar-refractivity contribution in [2.45, 2.75) is 72.0 Å². The Balaban J connectivity index is 2.11. The first-order valence-corrected chi connectivity index (χ1v) is 16.0. The third-order valence-corrected chi connectivity index (χ3v) is 8.51. The molecule has 3 rings (SSSR count). The van der Waals surface area contributed by atoms with Crippen molar-refractivity contribution in [3.05, 3.63) is 101 Å². The van der Waals surface area contributed by atoms with Gasteiger partial charge in [-0.1, -0.05) is 93.6 Å². The Bertz CT molecular complexity index is 1420. The van der Waals surface area contributed by atoms with Crippen LogP contribution >= 0.6 is 0 Å². The van der Waals surface area contributed by atoms with Crippen LogP contribution in [0.15, 0.2) is 78.9 Å². The average Bonchev–Trinajstić information content (AvgIpc) is 2.94. The predicted molar refractivity (Wildman–Crippen MR) is 166 cm³/mol. The summed E-state index contributed by atoms with van der Waals surface area (Å²) >= 11 is 0. The molecule has 0 unspecified atom stereocenters. The van der Waals surface area contributed by atoms with Crippen LogP contribution in [0.5, 0.6) is 0 Å². The Hall–Kier alpha value is -3.65. The minimum absolute atomic E-state index is 0.0424. The zero-order valence-electron chi connectivity index (χ0n) is 25.0. The number of hydrogen-bond donors (Lipinski definition) is 1. The molecular formula is C33H43N3O4S. The van der Waals surface area contributed by atoms with Gasteiger partial charge in [0.05, 0.1) is 11.9 Å². The minimum atomic E-state index is -3.83. The maximum atomic E-state index is 14.3. The summed E-state index contributed by atoms with van der Waals surface area (Å²) in [6.45, 7) is 9.60. The molecule has 2 atom stereocenters. The number of amides is 2. The summed E-state index contributed by atoms with van der Waals surface area (Å²) in [5.41, 5.74) is 4.08. The summed E-state index contributed by atoms with van der Waals surface area (Å²) in [6, 6.07) is 23.6. The van der Waals surface area contributed by atoms with Gasteiger partial charge >= 0.3 is 0 Å². The van der Waals surface area contributed by atoms with E-state index in [1.807, 2.05) is 101 Å². The zero-order chi connectivity index (χ0) is 30.2. The fraction of sp³-hybridized carbons (Fsp3) is 0.394. The summed E-state index contributed by atoms with van der Waals surface area (Å²) in [5.74, 6) is -0.670. The fourth-order valence-corrected chi connectivity index (χ4v) is 5.63. The maximum absolute atomic E-state index is 14.3. The Morgan fingerprint density at radius 3 is 2.10 bits per heavy atom. The molecule has 0 fully saturated rings. The summed E-state index contributed by atoms with van der Waals surface area (Å²) in [7, 11) is -3.83. The van der Waals surface area contributed by atoms with E-state index in [0.29, 0.717) is 12.1 Å². The van der Waals surface area contributed by atoms with E-state index in [1.54, 1.807) is 17.0 Å². The van der Waals surface area contributed by atoms with Crippen molar-refractivity contribution in [2.24, 2.45) is 0 Å². The molecule has 3 aromatic carbocycles. The van der Waals surface area contributed by atoms with Gasteiger partial charge in [-0.05, 0) is 54.5 Å². The molecule has 220 valence electrons. The van der Waals surface area contributed by atoms with Crippen molar-refractivity contribution in [3.63, 3.8) is 0 Å². The number of aryl methyl sites for hydroxylation is 1. The van der Waals surface area contributed by atoms with Crippen LogP contribution in [0.2, 0.25) is 0 Å². The van der Waals surface area contributed by atoms with Gasteiger partial charge in [0.2, 0.25) is 21.8 Å². The molecule has 0 saturated heterocycles. The second-order valence-electron chi connectivity index (χ2n) is 11.0. The molecule has 1 N–H and O–H groups in total. The number of rotatable bonds is 13. The van der Waals surface area contributed by atoms with E-state index in [0.717, 1.165) is 34.9 Å². The number of hydrogen-bond acceptors (Lipinski definition) is 4. The molecule has 0 aliphatic rings. The third-order valence-electron chi connectivity index (χ3n) is 7.38. The molecule has 3 aromatic rings. The fourth-order valence-electron chi connectivity index (χ4n) is 4.76. The number of carbonyl (C=O) groups is 2. The SMILES string of the molecule is CC[C@H](C)NC(=O)[C@H](Cc1ccccc1)N(Cc1ccccc1C)C(=O)CN(c1ccccc1C(C)C)S(C)(=O)=O. The number of para-hydroxylation sites is 1. The Kier molecular flexibility index (Phi) is 11.1. The predicted octanol–water partition coefficient (Wildman–Crippen LogP) is 5.44. The first kappa shape index (κ1) is 31.9. The highest BCUT2D eigenvalue weighted by molar-refractivity contribution is 7.92. The monoisotopic (exact) mass is 577 g/mol. The second kappa shape index (κ2) is 14.3. The molecule has 0 saturated carbocycles. The summed E-state index contributed by atoms with van der Waals surface area (Å²) in [6.07, 6.45) is 2.14. The lowest BCUT2D eigenvalue weighted by molar-refractivity contribution is -0.140. The van der Waals surface area contributed by atoms with Crippen LogP contribution in [0.3, 0.4) is 0 Å². The smallest absolute Gasteiger partial charge is 0.244 e. The number of sulfonamides is 1. The number of anilines is 1. The highest BCUT2D eigenvalue weighted by Crippen LogP contribution is 2.29. The minimum Gasteiger partial charge on any atom is -0.352 e. The molecule has 0 radical (unpaired) electrons. The van der Waals surface area contributed by atoms with Crippen LogP contribution in [-0.2, 0) is 32.6 Å².